The van der Waals surface area contributed by atoms with Crippen molar-refractivity contribution >= 4 is 5.91 Å². The highest BCUT2D eigenvalue weighted by Crippen LogP contribution is 2.25. The third kappa shape index (κ3) is 4.36. The van der Waals surface area contributed by atoms with Crippen LogP contribution in [0.4, 0.5) is 0 Å². The highest BCUT2D eigenvalue weighted by molar-refractivity contribution is 5.78. The van der Waals surface area contributed by atoms with Gasteiger partial charge in [0.15, 0.2) is 0 Å². The zero-order valence-corrected chi connectivity index (χ0v) is 14.0. The summed E-state index contributed by atoms with van der Waals surface area (Å²) in [5.74, 6) is 1.85. The fourth-order valence-corrected chi connectivity index (χ4v) is 2.89. The molecule has 1 aliphatic heterocycles. The first-order valence-electron chi connectivity index (χ1n) is 8.53. The van der Waals surface area contributed by atoms with E-state index in [0.717, 1.165) is 43.0 Å². The number of benzene rings is 2. The van der Waals surface area contributed by atoms with Gasteiger partial charge in [-0.25, -0.2) is 0 Å². The van der Waals surface area contributed by atoms with E-state index in [0.29, 0.717) is 6.54 Å². The van der Waals surface area contributed by atoms with Crippen LogP contribution in [0.25, 0.3) is 0 Å². The molecule has 1 heterocycles. The number of ether oxygens (including phenoxy) is 1. The maximum atomic E-state index is 12.3. The number of rotatable bonds is 5. The summed E-state index contributed by atoms with van der Waals surface area (Å²) in [6.07, 6.45) is 1.82. The maximum Gasteiger partial charge on any atom is 0.223 e. The summed E-state index contributed by atoms with van der Waals surface area (Å²) < 4.78 is 5.98. The van der Waals surface area contributed by atoms with Crippen molar-refractivity contribution in [2.24, 2.45) is 5.92 Å². The number of para-hydroxylation sites is 1. The molecular formula is C20H24N2O2. The lowest BCUT2D eigenvalue weighted by Gasteiger charge is -2.22. The Labute approximate surface area is 143 Å². The van der Waals surface area contributed by atoms with Crippen molar-refractivity contribution in [2.45, 2.75) is 26.3 Å². The van der Waals surface area contributed by atoms with Crippen molar-refractivity contribution in [2.75, 3.05) is 13.1 Å². The molecule has 0 saturated carbocycles. The minimum absolute atomic E-state index is 0.122. The SMILES string of the molecule is Cc1ccc(Oc2ccccc2CNC(=O)C2CCNCC2)cc1. The topological polar surface area (TPSA) is 50.4 Å². The molecule has 1 aliphatic rings. The Hall–Kier alpha value is -2.33. The molecule has 0 aliphatic carbocycles. The van der Waals surface area contributed by atoms with E-state index in [-0.39, 0.29) is 11.8 Å². The third-order valence-electron chi connectivity index (χ3n) is 4.38. The summed E-state index contributed by atoms with van der Waals surface area (Å²) in [6, 6.07) is 15.8. The first-order valence-corrected chi connectivity index (χ1v) is 8.53. The van der Waals surface area contributed by atoms with Crippen LogP contribution in [-0.2, 0) is 11.3 Å². The normalized spacial score (nSPS) is 15.0. The monoisotopic (exact) mass is 324 g/mol. The van der Waals surface area contributed by atoms with Gasteiger partial charge < -0.3 is 15.4 Å². The molecule has 3 rings (SSSR count). The molecule has 0 bridgehead atoms. The predicted octanol–water partition coefficient (Wildman–Crippen LogP) is 3.40. The van der Waals surface area contributed by atoms with Crippen molar-refractivity contribution in [3.05, 3.63) is 59.7 Å². The summed E-state index contributed by atoms with van der Waals surface area (Å²) in [5, 5.41) is 6.34. The summed E-state index contributed by atoms with van der Waals surface area (Å²) in [5.41, 5.74) is 2.19. The van der Waals surface area contributed by atoms with E-state index in [2.05, 4.69) is 10.6 Å². The Bertz CT molecular complexity index is 676. The number of carbonyl (C=O) groups is 1. The van der Waals surface area contributed by atoms with Gasteiger partial charge in [-0.15, -0.1) is 0 Å². The van der Waals surface area contributed by atoms with Crippen LogP contribution in [-0.4, -0.2) is 19.0 Å². The lowest BCUT2D eigenvalue weighted by atomic mass is 9.97. The Kier molecular flexibility index (Phi) is 5.49. The van der Waals surface area contributed by atoms with Gasteiger partial charge in [-0.2, -0.15) is 0 Å². The number of aryl methyl sites for hydroxylation is 1. The highest BCUT2D eigenvalue weighted by Gasteiger charge is 2.20. The largest absolute Gasteiger partial charge is 0.457 e. The standard InChI is InChI=1S/C20H24N2O2/c1-15-6-8-18(9-7-15)24-19-5-3-2-4-17(19)14-22-20(23)16-10-12-21-13-11-16/h2-9,16,21H,10-14H2,1H3,(H,22,23). The number of amides is 1. The highest BCUT2D eigenvalue weighted by atomic mass is 16.5. The molecule has 2 N–H and O–H groups in total. The van der Waals surface area contributed by atoms with Crippen LogP contribution >= 0.6 is 0 Å². The zero-order valence-electron chi connectivity index (χ0n) is 14.0. The lowest BCUT2D eigenvalue weighted by Crippen LogP contribution is -2.37. The minimum Gasteiger partial charge on any atom is -0.457 e. The van der Waals surface area contributed by atoms with Crippen LogP contribution in [0.3, 0.4) is 0 Å². The number of nitrogens with one attached hydrogen (secondary N) is 2. The van der Waals surface area contributed by atoms with Gasteiger partial charge in [0.1, 0.15) is 11.5 Å². The van der Waals surface area contributed by atoms with Crippen LogP contribution in [0, 0.1) is 12.8 Å². The van der Waals surface area contributed by atoms with Gasteiger partial charge in [0.25, 0.3) is 0 Å². The van der Waals surface area contributed by atoms with E-state index < -0.39 is 0 Å². The Morgan fingerprint density at radius 3 is 2.58 bits per heavy atom. The van der Waals surface area contributed by atoms with E-state index in [1.807, 2.05) is 55.5 Å². The van der Waals surface area contributed by atoms with E-state index in [9.17, 15) is 4.79 Å². The Morgan fingerprint density at radius 1 is 1.12 bits per heavy atom. The van der Waals surface area contributed by atoms with E-state index >= 15 is 0 Å². The van der Waals surface area contributed by atoms with Gasteiger partial charge in [-0.3, -0.25) is 4.79 Å². The van der Waals surface area contributed by atoms with Gasteiger partial charge in [0.2, 0.25) is 5.91 Å². The third-order valence-corrected chi connectivity index (χ3v) is 4.38. The van der Waals surface area contributed by atoms with Crippen molar-refractivity contribution in [3.63, 3.8) is 0 Å². The molecule has 0 radical (unpaired) electrons. The van der Waals surface area contributed by atoms with Crippen LogP contribution < -0.4 is 15.4 Å². The first-order chi connectivity index (χ1) is 11.7. The molecular weight excluding hydrogens is 300 g/mol. The average molecular weight is 324 g/mol. The average Bonchev–Trinajstić information content (AvgIpc) is 2.63. The van der Waals surface area contributed by atoms with Crippen molar-refractivity contribution in [3.8, 4) is 11.5 Å². The van der Waals surface area contributed by atoms with Gasteiger partial charge in [-0.05, 0) is 51.1 Å². The van der Waals surface area contributed by atoms with E-state index in [1.54, 1.807) is 0 Å². The van der Waals surface area contributed by atoms with Crippen LogP contribution in [0.2, 0.25) is 0 Å². The second-order valence-corrected chi connectivity index (χ2v) is 6.26. The molecule has 2 aromatic rings. The number of hydrogen-bond donors (Lipinski definition) is 2. The number of piperidine rings is 1. The molecule has 1 saturated heterocycles. The molecule has 126 valence electrons. The zero-order chi connectivity index (χ0) is 16.8. The molecule has 24 heavy (non-hydrogen) atoms. The van der Waals surface area contributed by atoms with Crippen molar-refractivity contribution in [1.29, 1.82) is 0 Å². The minimum atomic E-state index is 0.122. The summed E-state index contributed by atoms with van der Waals surface area (Å²) in [6.45, 7) is 4.38. The number of carbonyl (C=O) groups excluding carboxylic acids is 1. The van der Waals surface area contributed by atoms with Crippen LogP contribution in [0.15, 0.2) is 48.5 Å². The van der Waals surface area contributed by atoms with E-state index in [4.69, 9.17) is 4.74 Å². The van der Waals surface area contributed by atoms with Crippen LogP contribution in [0.1, 0.15) is 24.0 Å². The second-order valence-electron chi connectivity index (χ2n) is 6.26. The molecule has 0 aromatic heterocycles. The van der Waals surface area contributed by atoms with Gasteiger partial charge in [0.05, 0.1) is 0 Å². The summed E-state index contributed by atoms with van der Waals surface area (Å²) in [7, 11) is 0. The van der Waals surface area contributed by atoms with Crippen molar-refractivity contribution in [1.82, 2.24) is 10.6 Å². The maximum absolute atomic E-state index is 12.3. The Balaban J connectivity index is 1.63. The molecule has 1 fully saturated rings. The molecule has 0 spiro atoms. The number of hydrogen-bond acceptors (Lipinski definition) is 3. The quantitative estimate of drug-likeness (QED) is 0.886. The molecule has 0 unspecified atom stereocenters. The predicted molar refractivity (Wildman–Crippen MR) is 95.1 cm³/mol. The molecule has 4 heteroatoms. The van der Waals surface area contributed by atoms with E-state index in [1.165, 1.54) is 5.56 Å². The summed E-state index contributed by atoms with van der Waals surface area (Å²) in [4.78, 5) is 12.3. The van der Waals surface area contributed by atoms with Gasteiger partial charge in [-0.1, -0.05) is 35.9 Å². The second kappa shape index (κ2) is 7.97. The Morgan fingerprint density at radius 2 is 1.83 bits per heavy atom. The molecule has 4 nitrogen and oxygen atoms in total. The molecule has 1 amide bonds. The van der Waals surface area contributed by atoms with Gasteiger partial charge in [0, 0.05) is 18.0 Å². The van der Waals surface area contributed by atoms with Gasteiger partial charge >= 0.3 is 0 Å². The fourth-order valence-electron chi connectivity index (χ4n) is 2.89. The fraction of sp³-hybridized carbons (Fsp3) is 0.350. The van der Waals surface area contributed by atoms with Crippen LogP contribution in [0.5, 0.6) is 11.5 Å². The smallest absolute Gasteiger partial charge is 0.223 e. The summed E-state index contributed by atoms with van der Waals surface area (Å²) >= 11 is 0. The lowest BCUT2D eigenvalue weighted by molar-refractivity contribution is -0.125. The first kappa shape index (κ1) is 16.5. The molecule has 2 aromatic carbocycles. The van der Waals surface area contributed by atoms with Crippen molar-refractivity contribution < 1.29 is 9.53 Å². The molecule has 0 atom stereocenters.